The van der Waals surface area contributed by atoms with Crippen LogP contribution in [0.15, 0.2) is 47.4 Å². The van der Waals surface area contributed by atoms with Gasteiger partial charge in [0.15, 0.2) is 0 Å². The van der Waals surface area contributed by atoms with E-state index >= 15 is 0 Å². The molecule has 0 fully saturated rings. The molecule has 2 aromatic carbocycles. The molecule has 0 aliphatic carbocycles. The first kappa shape index (κ1) is 14.9. The number of benzene rings is 2. The molecule has 0 aliphatic rings. The third-order valence-corrected chi connectivity index (χ3v) is 4.37. The maximum absolute atomic E-state index is 12.4. The van der Waals surface area contributed by atoms with Crippen LogP contribution in [0.2, 0.25) is 5.02 Å². The summed E-state index contributed by atoms with van der Waals surface area (Å²) in [5.41, 5.74) is 7.27. The highest BCUT2D eigenvalue weighted by Gasteiger charge is 2.10. The third kappa shape index (κ3) is 3.74. The number of anilines is 1. The Labute approximate surface area is 126 Å². The number of hydrogen-bond acceptors (Lipinski definition) is 3. The van der Waals surface area contributed by atoms with Crippen LogP contribution in [0.1, 0.15) is 12.5 Å². The Morgan fingerprint density at radius 2 is 1.90 bits per heavy atom. The first-order valence-electron chi connectivity index (χ1n) is 6.25. The van der Waals surface area contributed by atoms with Crippen LogP contribution in [0.4, 0.5) is 5.69 Å². The van der Waals surface area contributed by atoms with Crippen molar-refractivity contribution in [3.8, 4) is 5.75 Å². The summed E-state index contributed by atoms with van der Waals surface area (Å²) >= 11 is 5.83. The van der Waals surface area contributed by atoms with Crippen LogP contribution >= 0.6 is 11.6 Å². The third-order valence-electron chi connectivity index (χ3n) is 2.75. The zero-order valence-corrected chi connectivity index (χ0v) is 12.7. The Kier molecular flexibility index (Phi) is 5.04. The average Bonchev–Trinajstić information content (AvgIpc) is 2.42. The molecule has 0 spiro atoms. The summed E-state index contributed by atoms with van der Waals surface area (Å²) in [5, 5.41) is 0.629. The van der Waals surface area contributed by atoms with Crippen LogP contribution in [0.25, 0.3) is 0 Å². The fourth-order valence-electron chi connectivity index (χ4n) is 1.82. The van der Waals surface area contributed by atoms with Gasteiger partial charge in [-0.25, -0.2) is 0 Å². The molecule has 2 N–H and O–H groups in total. The van der Waals surface area contributed by atoms with E-state index in [-0.39, 0.29) is 0 Å². The second-order valence-electron chi connectivity index (χ2n) is 4.24. The maximum atomic E-state index is 12.4. The zero-order chi connectivity index (χ0) is 14.5. The smallest absolute Gasteiger partial charge is 0.123 e. The summed E-state index contributed by atoms with van der Waals surface area (Å²) < 4.78 is 17.9. The molecule has 3 nitrogen and oxygen atoms in total. The topological polar surface area (TPSA) is 52.3 Å². The van der Waals surface area contributed by atoms with Crippen LogP contribution in [0.5, 0.6) is 5.75 Å². The normalized spacial score (nSPS) is 12.1. The van der Waals surface area contributed by atoms with Gasteiger partial charge in [0.25, 0.3) is 0 Å². The van der Waals surface area contributed by atoms with Gasteiger partial charge in [0, 0.05) is 21.2 Å². The lowest BCUT2D eigenvalue weighted by molar-refractivity contribution is 0.337. The van der Waals surface area contributed by atoms with Gasteiger partial charge in [0.1, 0.15) is 5.75 Å². The second kappa shape index (κ2) is 6.77. The van der Waals surface area contributed by atoms with Gasteiger partial charge in [0.2, 0.25) is 0 Å². The quantitative estimate of drug-likeness (QED) is 0.858. The van der Waals surface area contributed by atoms with Crippen molar-refractivity contribution in [1.29, 1.82) is 0 Å². The Morgan fingerprint density at radius 1 is 1.20 bits per heavy atom. The van der Waals surface area contributed by atoms with Gasteiger partial charge >= 0.3 is 0 Å². The molecule has 20 heavy (non-hydrogen) atoms. The van der Waals surface area contributed by atoms with Gasteiger partial charge in [-0.05, 0) is 49.4 Å². The molecular formula is C15H16ClNO2S. The monoisotopic (exact) mass is 309 g/mol. The number of hydrogen-bond donors (Lipinski definition) is 1. The van der Waals surface area contributed by atoms with E-state index in [0.29, 0.717) is 23.1 Å². The van der Waals surface area contributed by atoms with Gasteiger partial charge in [0.05, 0.1) is 23.2 Å². The molecule has 5 heteroatoms. The number of ether oxygens (including phenoxy) is 1. The predicted octanol–water partition coefficient (Wildman–Crippen LogP) is 3.63. The number of rotatable bonds is 5. The molecule has 0 saturated carbocycles. The van der Waals surface area contributed by atoms with Gasteiger partial charge in [-0.15, -0.1) is 0 Å². The predicted molar refractivity (Wildman–Crippen MR) is 83.6 cm³/mol. The molecule has 0 saturated heterocycles. The first-order chi connectivity index (χ1) is 9.60. The molecule has 2 rings (SSSR count). The van der Waals surface area contributed by atoms with Gasteiger partial charge in [-0.2, -0.15) is 0 Å². The molecule has 106 valence electrons. The van der Waals surface area contributed by atoms with E-state index in [1.165, 1.54) is 0 Å². The number of halogens is 1. The lowest BCUT2D eigenvalue weighted by Gasteiger charge is -2.11. The standard InChI is InChI=1S/C15H16ClNO2S/c1-2-19-15-8-5-13(17)9-11(15)10-20(18)14-6-3-12(16)4-7-14/h3-9H,2,10,17H2,1H3. The van der Waals surface area contributed by atoms with Crippen LogP contribution in [-0.4, -0.2) is 10.8 Å². The fraction of sp³-hybridized carbons (Fsp3) is 0.200. The van der Waals surface area contributed by atoms with E-state index < -0.39 is 10.8 Å². The Morgan fingerprint density at radius 3 is 2.55 bits per heavy atom. The number of nitrogens with two attached hydrogens (primary N) is 1. The van der Waals surface area contributed by atoms with E-state index in [4.69, 9.17) is 22.1 Å². The number of nitrogen functional groups attached to an aromatic ring is 1. The largest absolute Gasteiger partial charge is 0.494 e. The van der Waals surface area contributed by atoms with Gasteiger partial charge in [-0.3, -0.25) is 4.21 Å². The van der Waals surface area contributed by atoms with E-state index in [1.54, 1.807) is 36.4 Å². The molecule has 2 aromatic rings. The Bertz CT molecular complexity index is 614. The van der Waals surface area contributed by atoms with Gasteiger partial charge in [-0.1, -0.05) is 11.6 Å². The van der Waals surface area contributed by atoms with Crippen molar-refractivity contribution in [2.75, 3.05) is 12.3 Å². The minimum atomic E-state index is -1.16. The summed E-state index contributed by atoms with van der Waals surface area (Å²) in [4.78, 5) is 0.735. The molecule has 1 unspecified atom stereocenters. The van der Waals surface area contributed by atoms with Crippen molar-refractivity contribution >= 4 is 28.1 Å². The summed E-state index contributed by atoms with van der Waals surface area (Å²) in [5.74, 6) is 1.09. The van der Waals surface area contributed by atoms with Crippen molar-refractivity contribution in [2.45, 2.75) is 17.6 Å². The Balaban J connectivity index is 2.22. The van der Waals surface area contributed by atoms with Crippen LogP contribution < -0.4 is 10.5 Å². The second-order valence-corrected chi connectivity index (χ2v) is 6.13. The van der Waals surface area contributed by atoms with Crippen LogP contribution in [0.3, 0.4) is 0 Å². The van der Waals surface area contributed by atoms with Crippen molar-refractivity contribution in [3.63, 3.8) is 0 Å². The molecule has 0 radical (unpaired) electrons. The van der Waals surface area contributed by atoms with Crippen molar-refractivity contribution in [2.24, 2.45) is 0 Å². The lowest BCUT2D eigenvalue weighted by atomic mass is 10.2. The van der Waals surface area contributed by atoms with E-state index in [2.05, 4.69) is 0 Å². The van der Waals surface area contributed by atoms with Gasteiger partial charge < -0.3 is 10.5 Å². The first-order valence-corrected chi connectivity index (χ1v) is 7.95. The summed E-state index contributed by atoms with van der Waals surface area (Å²) in [6.07, 6.45) is 0. The highest BCUT2D eigenvalue weighted by Crippen LogP contribution is 2.25. The highest BCUT2D eigenvalue weighted by atomic mass is 35.5. The van der Waals surface area contributed by atoms with Crippen molar-refractivity contribution in [3.05, 3.63) is 53.1 Å². The average molecular weight is 310 g/mol. The zero-order valence-electron chi connectivity index (χ0n) is 11.1. The molecule has 1 atom stereocenters. The van der Waals surface area contributed by atoms with Crippen molar-refractivity contribution in [1.82, 2.24) is 0 Å². The van der Waals surface area contributed by atoms with Crippen molar-refractivity contribution < 1.29 is 8.95 Å². The minimum Gasteiger partial charge on any atom is -0.494 e. The molecule has 0 amide bonds. The highest BCUT2D eigenvalue weighted by molar-refractivity contribution is 7.84. The molecule has 0 heterocycles. The molecule has 0 bridgehead atoms. The molecule has 0 aromatic heterocycles. The maximum Gasteiger partial charge on any atom is 0.123 e. The SMILES string of the molecule is CCOc1ccc(N)cc1CS(=O)c1ccc(Cl)cc1. The summed E-state index contributed by atoms with van der Waals surface area (Å²) in [7, 11) is -1.16. The van der Waals surface area contributed by atoms with E-state index in [0.717, 1.165) is 16.2 Å². The van der Waals surface area contributed by atoms with E-state index in [9.17, 15) is 4.21 Å². The Hall–Kier alpha value is -1.52. The summed E-state index contributed by atoms with van der Waals surface area (Å²) in [6.45, 7) is 2.47. The molecule has 0 aliphatic heterocycles. The fourth-order valence-corrected chi connectivity index (χ4v) is 3.06. The summed E-state index contributed by atoms with van der Waals surface area (Å²) in [6, 6.07) is 12.4. The van der Waals surface area contributed by atoms with Crippen LogP contribution in [0, 0.1) is 0 Å². The lowest BCUT2D eigenvalue weighted by Crippen LogP contribution is -2.02. The molecular weight excluding hydrogens is 294 g/mol. The van der Waals surface area contributed by atoms with E-state index in [1.807, 2.05) is 13.0 Å². The minimum absolute atomic E-state index is 0.363. The van der Waals surface area contributed by atoms with Crippen LogP contribution in [-0.2, 0) is 16.6 Å².